The quantitative estimate of drug-likeness (QED) is 0.770. The number of benzene rings is 2. The minimum Gasteiger partial charge on any atom is -0.497 e. The Morgan fingerprint density at radius 2 is 1.92 bits per heavy atom. The van der Waals surface area contributed by atoms with Gasteiger partial charge in [-0.25, -0.2) is 0 Å². The van der Waals surface area contributed by atoms with Crippen LogP contribution in [-0.4, -0.2) is 19.2 Å². The van der Waals surface area contributed by atoms with Crippen molar-refractivity contribution in [3.63, 3.8) is 0 Å². The molecule has 2 aromatic rings. The number of amides is 1. The molecule has 0 fully saturated rings. The lowest BCUT2D eigenvalue weighted by Gasteiger charge is -2.21. The van der Waals surface area contributed by atoms with Crippen molar-refractivity contribution < 1.29 is 22.7 Å². The van der Waals surface area contributed by atoms with Gasteiger partial charge in [0.05, 0.1) is 7.11 Å². The van der Waals surface area contributed by atoms with Crippen molar-refractivity contribution in [3.8, 4) is 5.75 Å². The molecule has 0 aliphatic carbocycles. The van der Waals surface area contributed by atoms with E-state index in [9.17, 15) is 18.0 Å². The van der Waals surface area contributed by atoms with Gasteiger partial charge in [0.1, 0.15) is 5.75 Å². The molecular formula is C18H15ClF3NO2. The maximum Gasteiger partial charge on any atom is 0.412 e. The Labute approximate surface area is 148 Å². The molecule has 2 rings (SSSR count). The van der Waals surface area contributed by atoms with E-state index in [0.29, 0.717) is 10.6 Å². The first kappa shape index (κ1) is 18.9. The third-order valence-corrected chi connectivity index (χ3v) is 3.70. The van der Waals surface area contributed by atoms with Crippen LogP contribution in [0.25, 0.3) is 6.08 Å². The summed E-state index contributed by atoms with van der Waals surface area (Å²) in [5, 5.41) is 2.36. The lowest BCUT2D eigenvalue weighted by molar-refractivity contribution is -0.162. The molecule has 25 heavy (non-hydrogen) atoms. The molecule has 0 heterocycles. The maximum absolute atomic E-state index is 13.3. The second kappa shape index (κ2) is 8.07. The highest BCUT2D eigenvalue weighted by atomic mass is 35.5. The molecule has 0 aliphatic rings. The normalized spacial score (nSPS) is 12.8. The Morgan fingerprint density at radius 1 is 1.20 bits per heavy atom. The van der Waals surface area contributed by atoms with Crippen molar-refractivity contribution in [2.45, 2.75) is 12.2 Å². The molecule has 0 saturated carbocycles. The lowest BCUT2D eigenvalue weighted by atomic mass is 10.1. The van der Waals surface area contributed by atoms with E-state index >= 15 is 0 Å². The van der Waals surface area contributed by atoms with E-state index in [1.165, 1.54) is 37.5 Å². The molecule has 0 spiro atoms. The number of halogens is 4. The van der Waals surface area contributed by atoms with Gasteiger partial charge in [-0.15, -0.1) is 0 Å². The molecule has 3 nitrogen and oxygen atoms in total. The number of hydrogen-bond acceptors (Lipinski definition) is 2. The van der Waals surface area contributed by atoms with Crippen molar-refractivity contribution in [1.82, 2.24) is 5.32 Å². The monoisotopic (exact) mass is 369 g/mol. The molecule has 0 unspecified atom stereocenters. The highest BCUT2D eigenvalue weighted by Gasteiger charge is 2.41. The van der Waals surface area contributed by atoms with Gasteiger partial charge in [-0.2, -0.15) is 13.2 Å². The molecule has 0 radical (unpaired) electrons. The minimum absolute atomic E-state index is 0.119. The topological polar surface area (TPSA) is 38.3 Å². The van der Waals surface area contributed by atoms with E-state index in [2.05, 4.69) is 0 Å². The summed E-state index contributed by atoms with van der Waals surface area (Å²) < 4.78 is 44.9. The predicted molar refractivity (Wildman–Crippen MR) is 90.4 cm³/mol. The molecule has 0 aliphatic heterocycles. The molecule has 1 N–H and O–H groups in total. The average molecular weight is 370 g/mol. The summed E-state index contributed by atoms with van der Waals surface area (Å²) in [7, 11) is 1.35. The Hall–Kier alpha value is -2.47. The zero-order valence-electron chi connectivity index (χ0n) is 13.2. The molecule has 1 atom stereocenters. The van der Waals surface area contributed by atoms with Gasteiger partial charge in [0.25, 0.3) is 0 Å². The number of hydrogen-bond donors (Lipinski definition) is 1. The second-order valence-electron chi connectivity index (χ2n) is 5.11. The zero-order chi connectivity index (χ0) is 18.4. The summed E-state index contributed by atoms with van der Waals surface area (Å²) in [6.07, 6.45) is -2.28. The zero-order valence-corrected chi connectivity index (χ0v) is 13.9. The Bertz CT molecular complexity index is 775. The van der Waals surface area contributed by atoms with Gasteiger partial charge in [0.2, 0.25) is 5.91 Å². The first-order valence-corrected chi connectivity index (χ1v) is 7.63. The van der Waals surface area contributed by atoms with Crippen molar-refractivity contribution >= 4 is 23.6 Å². The molecular weight excluding hydrogens is 355 g/mol. The predicted octanol–water partition coefficient (Wildman–Crippen LogP) is 4.78. The number of carbonyl (C=O) groups excluding carboxylic acids is 1. The SMILES string of the molecule is COc1cccc([C@@H](NC(=O)/C=C/c2ccccc2Cl)C(F)(F)F)c1. The molecule has 0 saturated heterocycles. The minimum atomic E-state index is -4.65. The molecule has 132 valence electrons. The molecule has 1 amide bonds. The van der Waals surface area contributed by atoms with E-state index in [1.54, 1.807) is 24.3 Å². The van der Waals surface area contributed by atoms with Crippen molar-refractivity contribution in [1.29, 1.82) is 0 Å². The highest BCUT2D eigenvalue weighted by molar-refractivity contribution is 6.32. The smallest absolute Gasteiger partial charge is 0.412 e. The molecule has 0 bridgehead atoms. The van der Waals surface area contributed by atoms with Crippen LogP contribution in [0.1, 0.15) is 17.2 Å². The summed E-state index contributed by atoms with van der Waals surface area (Å²) >= 11 is 5.94. The van der Waals surface area contributed by atoms with Crippen molar-refractivity contribution in [2.24, 2.45) is 0 Å². The number of carbonyl (C=O) groups is 1. The average Bonchev–Trinajstić information content (AvgIpc) is 2.58. The van der Waals surface area contributed by atoms with Crippen LogP contribution in [0.5, 0.6) is 5.75 Å². The van der Waals surface area contributed by atoms with Crippen LogP contribution in [-0.2, 0) is 4.79 Å². The highest BCUT2D eigenvalue weighted by Crippen LogP contribution is 2.34. The number of ether oxygens (including phenoxy) is 1. The summed E-state index contributed by atoms with van der Waals surface area (Å²) in [4.78, 5) is 11.9. The van der Waals surface area contributed by atoms with Gasteiger partial charge in [-0.05, 0) is 35.4 Å². The largest absolute Gasteiger partial charge is 0.497 e. The van der Waals surface area contributed by atoms with Gasteiger partial charge >= 0.3 is 6.18 Å². The van der Waals surface area contributed by atoms with Gasteiger partial charge in [0.15, 0.2) is 6.04 Å². The molecule has 0 aromatic heterocycles. The first-order chi connectivity index (χ1) is 11.8. The number of alkyl halides is 3. The maximum atomic E-state index is 13.3. The summed E-state index contributed by atoms with van der Waals surface area (Å²) in [6.45, 7) is 0. The Morgan fingerprint density at radius 3 is 2.56 bits per heavy atom. The lowest BCUT2D eigenvalue weighted by Crippen LogP contribution is -2.37. The number of rotatable bonds is 5. The fourth-order valence-electron chi connectivity index (χ4n) is 2.14. The van der Waals surface area contributed by atoms with Crippen LogP contribution in [0.4, 0.5) is 13.2 Å². The number of methoxy groups -OCH3 is 1. The third kappa shape index (κ3) is 5.26. The third-order valence-electron chi connectivity index (χ3n) is 3.36. The first-order valence-electron chi connectivity index (χ1n) is 7.25. The Balaban J connectivity index is 2.20. The molecule has 2 aromatic carbocycles. The number of nitrogens with one attached hydrogen (secondary N) is 1. The van der Waals surface area contributed by atoms with Crippen LogP contribution in [0, 0.1) is 0 Å². The van der Waals surface area contributed by atoms with Crippen LogP contribution < -0.4 is 10.1 Å². The van der Waals surface area contributed by atoms with Gasteiger partial charge in [0, 0.05) is 11.1 Å². The van der Waals surface area contributed by atoms with Gasteiger partial charge in [-0.1, -0.05) is 41.9 Å². The fourth-order valence-corrected chi connectivity index (χ4v) is 2.34. The van der Waals surface area contributed by atoms with Crippen LogP contribution in [0.2, 0.25) is 5.02 Å². The van der Waals surface area contributed by atoms with Gasteiger partial charge in [-0.3, -0.25) is 4.79 Å². The van der Waals surface area contributed by atoms with Crippen LogP contribution in [0.15, 0.2) is 54.6 Å². The van der Waals surface area contributed by atoms with E-state index in [4.69, 9.17) is 16.3 Å². The van der Waals surface area contributed by atoms with Gasteiger partial charge < -0.3 is 10.1 Å². The fraction of sp³-hybridized carbons (Fsp3) is 0.167. The van der Waals surface area contributed by atoms with E-state index < -0.39 is 18.1 Å². The van der Waals surface area contributed by atoms with Crippen LogP contribution >= 0.6 is 11.6 Å². The van der Waals surface area contributed by atoms with E-state index in [0.717, 1.165) is 6.08 Å². The second-order valence-corrected chi connectivity index (χ2v) is 5.52. The van der Waals surface area contributed by atoms with Crippen molar-refractivity contribution in [3.05, 3.63) is 70.8 Å². The summed E-state index contributed by atoms with van der Waals surface area (Å²) in [5.41, 5.74) is 0.413. The summed E-state index contributed by atoms with van der Waals surface area (Å²) in [5.74, 6) is -0.613. The van der Waals surface area contributed by atoms with E-state index in [1.807, 2.05) is 5.32 Å². The van der Waals surface area contributed by atoms with Crippen molar-refractivity contribution in [2.75, 3.05) is 7.11 Å². The molecule has 7 heteroatoms. The van der Waals surface area contributed by atoms with Crippen LogP contribution in [0.3, 0.4) is 0 Å². The summed E-state index contributed by atoms with van der Waals surface area (Å²) in [6, 6.07) is 10.00. The van der Waals surface area contributed by atoms with E-state index in [-0.39, 0.29) is 11.3 Å². The Kier molecular flexibility index (Phi) is 6.09. The standard InChI is InChI=1S/C18H15ClF3NO2/c1-25-14-7-4-6-13(11-14)17(18(20,21)22)23-16(24)10-9-12-5-2-3-8-15(12)19/h2-11,17H,1H3,(H,23,24)/b10-9+/t17-/m1/s1.